The topological polar surface area (TPSA) is 73.1 Å². The smallest absolute Gasteiger partial charge is 0.256 e. The normalized spacial score (nSPS) is 18.6. The molecule has 0 spiro atoms. The second-order valence-corrected chi connectivity index (χ2v) is 8.28. The zero-order valence-electron chi connectivity index (χ0n) is 18.0. The van der Waals surface area contributed by atoms with Crippen LogP contribution in [0.2, 0.25) is 0 Å². The Balaban J connectivity index is 1.30. The largest absolute Gasteiger partial charge is 0.493 e. The number of amides is 1. The van der Waals surface area contributed by atoms with Crippen molar-refractivity contribution in [3.8, 4) is 11.4 Å². The van der Waals surface area contributed by atoms with Crippen molar-refractivity contribution in [3.05, 3.63) is 78.9 Å². The number of para-hydroxylation sites is 1. The van der Waals surface area contributed by atoms with Crippen LogP contribution in [0.1, 0.15) is 30.1 Å². The highest BCUT2D eigenvalue weighted by Gasteiger charge is 2.31. The van der Waals surface area contributed by atoms with Crippen molar-refractivity contribution < 1.29 is 9.53 Å². The van der Waals surface area contributed by atoms with Crippen molar-refractivity contribution in [2.45, 2.75) is 25.8 Å². The summed E-state index contributed by atoms with van der Waals surface area (Å²) in [6.45, 7) is 3.35. The van der Waals surface area contributed by atoms with Gasteiger partial charge in [-0.1, -0.05) is 18.2 Å². The van der Waals surface area contributed by atoms with Gasteiger partial charge in [0, 0.05) is 36.3 Å². The van der Waals surface area contributed by atoms with E-state index in [2.05, 4.69) is 22.1 Å². The monoisotopic (exact) mass is 427 g/mol. The lowest BCUT2D eigenvalue weighted by Crippen LogP contribution is -2.47. The van der Waals surface area contributed by atoms with E-state index in [-0.39, 0.29) is 17.9 Å². The zero-order chi connectivity index (χ0) is 21.9. The molecule has 2 aromatic carbocycles. The number of pyridine rings is 1. The molecular formula is C25H25N5O2. The third-order valence-electron chi connectivity index (χ3n) is 6.11. The Morgan fingerprint density at radius 1 is 1.03 bits per heavy atom. The second kappa shape index (κ2) is 8.78. The molecule has 162 valence electrons. The Labute approximate surface area is 186 Å². The molecule has 4 aromatic rings. The molecule has 2 unspecified atom stereocenters. The second-order valence-electron chi connectivity index (χ2n) is 8.28. The third kappa shape index (κ3) is 4.06. The van der Waals surface area contributed by atoms with Crippen LogP contribution in [0.4, 0.5) is 0 Å². The summed E-state index contributed by atoms with van der Waals surface area (Å²) in [7, 11) is 0. The van der Waals surface area contributed by atoms with Gasteiger partial charge in [0.25, 0.3) is 5.91 Å². The first kappa shape index (κ1) is 20.2. The standard InChI is InChI=1S/C25H25N5O2/c1-18-6-7-19(17-32-22-9-8-20-10-11-26-15-21(20)14-22)16-29(18)25(31)23-4-2-3-5-24(23)30-27-12-13-28-30/h2-5,8-15,18-19H,6-7,16-17H2,1H3. The minimum atomic E-state index is 0.00637. The van der Waals surface area contributed by atoms with Gasteiger partial charge < -0.3 is 9.64 Å². The first-order valence-electron chi connectivity index (χ1n) is 10.9. The molecule has 32 heavy (non-hydrogen) atoms. The van der Waals surface area contributed by atoms with Gasteiger partial charge in [-0.3, -0.25) is 9.78 Å². The van der Waals surface area contributed by atoms with Crippen molar-refractivity contribution in [2.24, 2.45) is 5.92 Å². The summed E-state index contributed by atoms with van der Waals surface area (Å²) >= 11 is 0. The van der Waals surface area contributed by atoms with E-state index in [0.717, 1.165) is 29.4 Å². The van der Waals surface area contributed by atoms with Crippen LogP contribution < -0.4 is 4.74 Å². The molecule has 1 aliphatic heterocycles. The Morgan fingerprint density at radius 2 is 1.88 bits per heavy atom. The number of likely N-dealkylation sites (tertiary alicyclic amines) is 1. The summed E-state index contributed by atoms with van der Waals surface area (Å²) < 4.78 is 6.12. The Morgan fingerprint density at radius 3 is 2.75 bits per heavy atom. The quantitative estimate of drug-likeness (QED) is 0.479. The first-order valence-corrected chi connectivity index (χ1v) is 10.9. The third-order valence-corrected chi connectivity index (χ3v) is 6.11. The zero-order valence-corrected chi connectivity index (χ0v) is 18.0. The van der Waals surface area contributed by atoms with Crippen LogP contribution in [0.25, 0.3) is 16.5 Å². The lowest BCUT2D eigenvalue weighted by molar-refractivity contribution is 0.0505. The van der Waals surface area contributed by atoms with Crippen LogP contribution in [-0.2, 0) is 0 Å². The molecule has 1 aliphatic rings. The van der Waals surface area contributed by atoms with E-state index in [9.17, 15) is 4.79 Å². The van der Waals surface area contributed by atoms with Gasteiger partial charge >= 0.3 is 0 Å². The number of piperidine rings is 1. The van der Waals surface area contributed by atoms with Gasteiger partial charge in [-0.2, -0.15) is 15.0 Å². The fourth-order valence-corrected chi connectivity index (χ4v) is 4.29. The number of hydrogen-bond acceptors (Lipinski definition) is 5. The van der Waals surface area contributed by atoms with Crippen molar-refractivity contribution in [1.29, 1.82) is 0 Å². The number of nitrogens with zero attached hydrogens (tertiary/aromatic N) is 5. The average Bonchev–Trinajstić information content (AvgIpc) is 3.38. The molecule has 0 saturated carbocycles. The molecule has 2 atom stereocenters. The highest BCUT2D eigenvalue weighted by molar-refractivity contribution is 5.98. The lowest BCUT2D eigenvalue weighted by atomic mass is 9.93. The molecule has 7 nitrogen and oxygen atoms in total. The van der Waals surface area contributed by atoms with Crippen molar-refractivity contribution in [2.75, 3.05) is 13.2 Å². The minimum absolute atomic E-state index is 0.00637. The van der Waals surface area contributed by atoms with Crippen LogP contribution in [-0.4, -0.2) is 50.0 Å². The Kier molecular flexibility index (Phi) is 5.54. The minimum Gasteiger partial charge on any atom is -0.493 e. The van der Waals surface area contributed by atoms with Gasteiger partial charge in [0.05, 0.1) is 30.3 Å². The molecule has 7 heteroatoms. The summed E-state index contributed by atoms with van der Waals surface area (Å²) in [6, 6.07) is 15.7. The average molecular weight is 428 g/mol. The molecule has 2 aromatic heterocycles. The maximum absolute atomic E-state index is 13.5. The molecule has 1 amide bonds. The van der Waals surface area contributed by atoms with Crippen LogP contribution in [0.5, 0.6) is 5.75 Å². The van der Waals surface area contributed by atoms with Crippen molar-refractivity contribution in [1.82, 2.24) is 24.9 Å². The lowest BCUT2D eigenvalue weighted by Gasteiger charge is -2.38. The number of carbonyl (C=O) groups excluding carboxylic acids is 1. The van der Waals surface area contributed by atoms with E-state index in [1.54, 1.807) is 18.6 Å². The highest BCUT2D eigenvalue weighted by atomic mass is 16.5. The van der Waals surface area contributed by atoms with E-state index < -0.39 is 0 Å². The van der Waals surface area contributed by atoms with Gasteiger partial charge in [-0.15, -0.1) is 0 Å². The molecule has 3 heterocycles. The first-order chi connectivity index (χ1) is 15.7. The fraction of sp³-hybridized carbons (Fsp3) is 0.280. The van der Waals surface area contributed by atoms with E-state index in [0.29, 0.717) is 24.4 Å². The van der Waals surface area contributed by atoms with E-state index >= 15 is 0 Å². The Bertz CT molecular complexity index is 1220. The van der Waals surface area contributed by atoms with Crippen LogP contribution in [0.15, 0.2) is 73.3 Å². The number of benzene rings is 2. The maximum atomic E-state index is 13.5. The fourth-order valence-electron chi connectivity index (χ4n) is 4.29. The summed E-state index contributed by atoms with van der Waals surface area (Å²) in [6.07, 6.45) is 8.84. The molecule has 5 rings (SSSR count). The molecule has 0 aliphatic carbocycles. The summed E-state index contributed by atoms with van der Waals surface area (Å²) in [5.41, 5.74) is 1.30. The molecule has 1 fully saturated rings. The van der Waals surface area contributed by atoms with E-state index in [1.807, 2.05) is 59.6 Å². The molecule has 0 bridgehead atoms. The van der Waals surface area contributed by atoms with Gasteiger partial charge in [-0.05, 0) is 55.5 Å². The van der Waals surface area contributed by atoms with E-state index in [1.165, 1.54) is 4.80 Å². The number of carbonyl (C=O) groups is 1. The van der Waals surface area contributed by atoms with Gasteiger partial charge in [-0.25, -0.2) is 0 Å². The Hall–Kier alpha value is -3.74. The number of rotatable bonds is 5. The van der Waals surface area contributed by atoms with Gasteiger partial charge in [0.1, 0.15) is 5.75 Å². The molecule has 1 saturated heterocycles. The van der Waals surface area contributed by atoms with Gasteiger partial charge in [0.2, 0.25) is 0 Å². The number of aromatic nitrogens is 4. The number of fused-ring (bicyclic) bond motifs is 1. The van der Waals surface area contributed by atoms with Crippen LogP contribution in [0, 0.1) is 5.92 Å². The number of ether oxygens (including phenoxy) is 1. The maximum Gasteiger partial charge on any atom is 0.256 e. The van der Waals surface area contributed by atoms with Gasteiger partial charge in [0.15, 0.2) is 0 Å². The van der Waals surface area contributed by atoms with E-state index in [4.69, 9.17) is 4.74 Å². The highest BCUT2D eigenvalue weighted by Crippen LogP contribution is 2.27. The predicted octanol–water partition coefficient (Wildman–Crippen LogP) is 4.14. The summed E-state index contributed by atoms with van der Waals surface area (Å²) in [4.78, 5) is 21.1. The summed E-state index contributed by atoms with van der Waals surface area (Å²) in [5, 5.41) is 10.6. The molecule has 0 radical (unpaired) electrons. The van der Waals surface area contributed by atoms with Crippen LogP contribution in [0.3, 0.4) is 0 Å². The SMILES string of the molecule is CC1CCC(COc2ccc3ccncc3c2)CN1C(=O)c1ccccc1-n1nccn1. The summed E-state index contributed by atoms with van der Waals surface area (Å²) in [5.74, 6) is 1.11. The molecule has 0 N–H and O–H groups in total. The number of hydrogen-bond donors (Lipinski definition) is 0. The van der Waals surface area contributed by atoms with Crippen LogP contribution >= 0.6 is 0 Å². The predicted molar refractivity (Wildman–Crippen MR) is 122 cm³/mol. The molecular weight excluding hydrogens is 402 g/mol. The van der Waals surface area contributed by atoms with Crippen molar-refractivity contribution in [3.63, 3.8) is 0 Å². The van der Waals surface area contributed by atoms with Crippen molar-refractivity contribution >= 4 is 16.7 Å².